The normalized spacial score (nSPS) is 14.9. The molecule has 4 heteroatoms. The van der Waals surface area contributed by atoms with Crippen LogP contribution in [0, 0.1) is 0 Å². The Morgan fingerprint density at radius 1 is 1.33 bits per heavy atom. The van der Waals surface area contributed by atoms with Crippen LogP contribution in [-0.2, 0) is 13.1 Å². The predicted molar refractivity (Wildman–Crippen MR) is 57.2 cm³/mol. The molecule has 1 N–H and O–H groups in total. The lowest BCUT2D eigenvalue weighted by Crippen LogP contribution is -2.28. The largest absolute Gasteiger partial charge is 0.326 e. The number of aromatic nitrogens is 3. The van der Waals surface area contributed by atoms with Crippen molar-refractivity contribution in [3.8, 4) is 11.3 Å². The summed E-state index contributed by atoms with van der Waals surface area (Å²) in [7, 11) is 0. The first kappa shape index (κ1) is 8.61. The Kier molecular flexibility index (Phi) is 1.99. The van der Waals surface area contributed by atoms with E-state index in [-0.39, 0.29) is 0 Å². The molecule has 0 atom stereocenters. The quantitative estimate of drug-likeness (QED) is 0.748. The second kappa shape index (κ2) is 3.47. The zero-order chi connectivity index (χ0) is 10.1. The van der Waals surface area contributed by atoms with E-state index in [0.717, 1.165) is 31.0 Å². The van der Waals surface area contributed by atoms with Gasteiger partial charge in [0.2, 0.25) is 0 Å². The highest BCUT2D eigenvalue weighted by atomic mass is 15.2. The van der Waals surface area contributed by atoms with Gasteiger partial charge in [0.25, 0.3) is 0 Å². The van der Waals surface area contributed by atoms with Gasteiger partial charge >= 0.3 is 0 Å². The fourth-order valence-corrected chi connectivity index (χ4v) is 1.94. The third kappa shape index (κ3) is 1.43. The lowest BCUT2D eigenvalue weighted by atomic mass is 10.2. The summed E-state index contributed by atoms with van der Waals surface area (Å²) in [5.74, 6) is 1.11. The van der Waals surface area contributed by atoms with Crippen LogP contribution in [0.25, 0.3) is 11.3 Å². The second-order valence-corrected chi connectivity index (χ2v) is 3.63. The van der Waals surface area contributed by atoms with Crippen molar-refractivity contribution in [2.75, 3.05) is 6.54 Å². The lowest BCUT2D eigenvalue weighted by Gasteiger charge is -2.17. The van der Waals surface area contributed by atoms with Crippen LogP contribution >= 0.6 is 0 Å². The molecule has 0 aromatic carbocycles. The molecule has 4 nitrogen and oxygen atoms in total. The van der Waals surface area contributed by atoms with Crippen molar-refractivity contribution in [3.63, 3.8) is 0 Å². The first-order chi connectivity index (χ1) is 7.45. The van der Waals surface area contributed by atoms with Gasteiger partial charge < -0.3 is 9.88 Å². The monoisotopic (exact) mass is 200 g/mol. The van der Waals surface area contributed by atoms with Crippen LogP contribution in [0.1, 0.15) is 5.82 Å². The molecule has 0 fully saturated rings. The Labute approximate surface area is 88.0 Å². The molecule has 0 amide bonds. The van der Waals surface area contributed by atoms with Gasteiger partial charge in [0.05, 0.1) is 18.4 Å². The summed E-state index contributed by atoms with van der Waals surface area (Å²) >= 11 is 0. The maximum atomic E-state index is 4.41. The number of rotatable bonds is 1. The van der Waals surface area contributed by atoms with E-state index >= 15 is 0 Å². The first-order valence-corrected chi connectivity index (χ1v) is 5.10. The van der Waals surface area contributed by atoms with Crippen LogP contribution in [0.15, 0.2) is 30.7 Å². The molecule has 3 heterocycles. The van der Waals surface area contributed by atoms with Crippen LogP contribution in [0.2, 0.25) is 0 Å². The molecule has 0 saturated carbocycles. The van der Waals surface area contributed by atoms with Crippen LogP contribution in [-0.4, -0.2) is 21.1 Å². The van der Waals surface area contributed by atoms with Crippen molar-refractivity contribution >= 4 is 0 Å². The molecule has 0 aliphatic carbocycles. The van der Waals surface area contributed by atoms with E-state index < -0.39 is 0 Å². The first-order valence-electron chi connectivity index (χ1n) is 5.10. The topological polar surface area (TPSA) is 42.7 Å². The van der Waals surface area contributed by atoms with Crippen LogP contribution in [0.5, 0.6) is 0 Å². The summed E-state index contributed by atoms with van der Waals surface area (Å²) in [6.07, 6.45) is 5.60. The Morgan fingerprint density at radius 3 is 3.20 bits per heavy atom. The number of pyridine rings is 1. The molecule has 3 rings (SSSR count). The fraction of sp³-hybridized carbons (Fsp3) is 0.273. The summed E-state index contributed by atoms with van der Waals surface area (Å²) in [5.41, 5.74) is 2.30. The van der Waals surface area contributed by atoms with Gasteiger partial charge in [-0.2, -0.15) is 0 Å². The molecule has 1 aliphatic rings. The van der Waals surface area contributed by atoms with Gasteiger partial charge in [-0.25, -0.2) is 4.98 Å². The number of hydrogen-bond donors (Lipinski definition) is 1. The highest BCUT2D eigenvalue weighted by Crippen LogP contribution is 2.20. The fourth-order valence-electron chi connectivity index (χ4n) is 1.94. The molecule has 2 aromatic rings. The SMILES string of the molecule is c1cncc(-c2cnc3n2CCNC3)c1. The molecule has 0 spiro atoms. The minimum atomic E-state index is 0.861. The van der Waals surface area contributed by atoms with E-state index in [9.17, 15) is 0 Å². The van der Waals surface area contributed by atoms with Crippen molar-refractivity contribution < 1.29 is 0 Å². The second-order valence-electron chi connectivity index (χ2n) is 3.63. The molecular weight excluding hydrogens is 188 g/mol. The zero-order valence-electron chi connectivity index (χ0n) is 8.35. The molecule has 0 unspecified atom stereocenters. The van der Waals surface area contributed by atoms with E-state index in [0.29, 0.717) is 0 Å². The highest BCUT2D eigenvalue weighted by molar-refractivity contribution is 5.58. The van der Waals surface area contributed by atoms with Gasteiger partial charge in [-0.1, -0.05) is 0 Å². The van der Waals surface area contributed by atoms with Crippen molar-refractivity contribution in [3.05, 3.63) is 36.5 Å². The third-order valence-corrected chi connectivity index (χ3v) is 2.69. The highest BCUT2D eigenvalue weighted by Gasteiger charge is 2.14. The lowest BCUT2D eigenvalue weighted by molar-refractivity contribution is 0.508. The minimum absolute atomic E-state index is 0.861. The van der Waals surface area contributed by atoms with Gasteiger partial charge in [-0.15, -0.1) is 0 Å². The Balaban J connectivity index is 2.09. The Morgan fingerprint density at radius 2 is 2.33 bits per heavy atom. The van der Waals surface area contributed by atoms with Gasteiger partial charge in [0.15, 0.2) is 0 Å². The van der Waals surface area contributed by atoms with Crippen molar-refractivity contribution in [1.82, 2.24) is 19.9 Å². The average molecular weight is 200 g/mol. The summed E-state index contributed by atoms with van der Waals surface area (Å²) in [6.45, 7) is 2.86. The van der Waals surface area contributed by atoms with Gasteiger partial charge in [0.1, 0.15) is 5.82 Å². The smallest absolute Gasteiger partial charge is 0.123 e. The Hall–Kier alpha value is -1.68. The van der Waals surface area contributed by atoms with Crippen LogP contribution in [0.3, 0.4) is 0 Å². The maximum Gasteiger partial charge on any atom is 0.123 e. The van der Waals surface area contributed by atoms with Gasteiger partial charge in [-0.05, 0) is 12.1 Å². The molecule has 76 valence electrons. The van der Waals surface area contributed by atoms with E-state index in [2.05, 4.69) is 25.9 Å². The number of imidazole rings is 1. The van der Waals surface area contributed by atoms with E-state index in [1.165, 1.54) is 5.69 Å². The van der Waals surface area contributed by atoms with Crippen molar-refractivity contribution in [2.45, 2.75) is 13.1 Å². The van der Waals surface area contributed by atoms with E-state index in [1.54, 1.807) is 6.20 Å². The number of hydrogen-bond acceptors (Lipinski definition) is 3. The molecule has 15 heavy (non-hydrogen) atoms. The van der Waals surface area contributed by atoms with Gasteiger partial charge in [-0.3, -0.25) is 4.98 Å². The third-order valence-electron chi connectivity index (χ3n) is 2.69. The molecular formula is C11H12N4. The minimum Gasteiger partial charge on any atom is -0.326 e. The standard InChI is InChI=1S/C11H12N4/c1-2-9(6-12-3-1)10-7-14-11-8-13-4-5-15(10)11/h1-3,6-7,13H,4-5,8H2. The predicted octanol–water partition coefficient (Wildman–Crippen LogP) is 1.05. The molecule has 0 saturated heterocycles. The van der Waals surface area contributed by atoms with Crippen molar-refractivity contribution in [1.29, 1.82) is 0 Å². The molecule has 1 aliphatic heterocycles. The van der Waals surface area contributed by atoms with Crippen LogP contribution in [0.4, 0.5) is 0 Å². The van der Waals surface area contributed by atoms with E-state index in [1.807, 2.05) is 18.5 Å². The molecule has 2 aromatic heterocycles. The summed E-state index contributed by atoms with van der Waals surface area (Å²) in [6, 6.07) is 4.02. The van der Waals surface area contributed by atoms with Crippen LogP contribution < -0.4 is 5.32 Å². The summed E-state index contributed by atoms with van der Waals surface area (Å²) in [4.78, 5) is 8.54. The molecule has 0 radical (unpaired) electrons. The number of fused-ring (bicyclic) bond motifs is 1. The number of nitrogens with one attached hydrogen (secondary N) is 1. The zero-order valence-corrected chi connectivity index (χ0v) is 8.35. The Bertz CT molecular complexity index is 461. The van der Waals surface area contributed by atoms with Crippen molar-refractivity contribution in [2.24, 2.45) is 0 Å². The summed E-state index contributed by atoms with van der Waals surface area (Å²) in [5, 5.41) is 3.31. The van der Waals surface area contributed by atoms with E-state index in [4.69, 9.17) is 0 Å². The number of nitrogens with zero attached hydrogens (tertiary/aromatic N) is 3. The molecule has 0 bridgehead atoms. The van der Waals surface area contributed by atoms with Gasteiger partial charge in [0, 0.05) is 31.0 Å². The maximum absolute atomic E-state index is 4.41. The average Bonchev–Trinajstić information content (AvgIpc) is 2.74. The summed E-state index contributed by atoms with van der Waals surface area (Å²) < 4.78 is 2.26.